The molecule has 2 N–H and O–H groups in total. The van der Waals surface area contributed by atoms with E-state index < -0.39 is 16.0 Å². The van der Waals surface area contributed by atoms with Gasteiger partial charge in [-0.2, -0.15) is 0 Å². The standard InChI is InChI=1S/C15H14FNO4S2/c16-10-2-4-12-9(7-10)1-5-13(12)17-23(20,21)15-6-3-11(22-15)8-14(18)19/h2-4,6-7,13,17H,1,5,8H2,(H,18,19). The molecule has 0 amide bonds. The minimum Gasteiger partial charge on any atom is -0.481 e. The number of aliphatic carboxylic acids is 1. The first-order chi connectivity index (χ1) is 10.8. The lowest BCUT2D eigenvalue weighted by atomic mass is 10.1. The van der Waals surface area contributed by atoms with Crippen LogP contribution in [0.4, 0.5) is 4.39 Å². The third-order valence-corrected chi connectivity index (χ3v) is 6.76. The van der Waals surface area contributed by atoms with Crippen LogP contribution in [0.25, 0.3) is 0 Å². The second kappa shape index (κ2) is 6.03. The highest BCUT2D eigenvalue weighted by atomic mass is 32.2. The number of halogens is 1. The van der Waals surface area contributed by atoms with Gasteiger partial charge >= 0.3 is 5.97 Å². The zero-order valence-corrected chi connectivity index (χ0v) is 13.6. The van der Waals surface area contributed by atoms with Crippen LogP contribution in [0.2, 0.25) is 0 Å². The molecule has 0 saturated carbocycles. The lowest BCUT2D eigenvalue weighted by molar-refractivity contribution is -0.136. The Morgan fingerprint density at radius 3 is 2.87 bits per heavy atom. The Morgan fingerprint density at radius 1 is 1.35 bits per heavy atom. The number of carboxylic acids is 1. The van der Waals surface area contributed by atoms with Crippen LogP contribution in [0.5, 0.6) is 0 Å². The van der Waals surface area contributed by atoms with Crippen molar-refractivity contribution in [2.24, 2.45) is 0 Å². The second-order valence-corrected chi connectivity index (χ2v) is 8.46. The van der Waals surface area contributed by atoms with Crippen molar-refractivity contribution in [3.05, 3.63) is 52.2 Å². The summed E-state index contributed by atoms with van der Waals surface area (Å²) in [4.78, 5) is 11.2. The van der Waals surface area contributed by atoms with Gasteiger partial charge < -0.3 is 5.11 Å². The fourth-order valence-electron chi connectivity index (χ4n) is 2.70. The Kier molecular flexibility index (Phi) is 4.22. The van der Waals surface area contributed by atoms with E-state index in [1.54, 1.807) is 6.07 Å². The predicted molar refractivity (Wildman–Crippen MR) is 83.4 cm³/mol. The summed E-state index contributed by atoms with van der Waals surface area (Å²) in [5.41, 5.74) is 1.60. The van der Waals surface area contributed by atoms with Gasteiger partial charge in [-0.3, -0.25) is 4.79 Å². The number of thiophene rings is 1. The number of carbonyl (C=O) groups is 1. The summed E-state index contributed by atoms with van der Waals surface area (Å²) >= 11 is 0.944. The van der Waals surface area contributed by atoms with Crippen molar-refractivity contribution >= 4 is 27.3 Å². The largest absolute Gasteiger partial charge is 0.481 e. The third-order valence-electron chi connectivity index (χ3n) is 3.71. The molecular formula is C15H14FNO4S2. The number of rotatable bonds is 5. The third kappa shape index (κ3) is 3.44. The van der Waals surface area contributed by atoms with Gasteiger partial charge in [-0.25, -0.2) is 17.5 Å². The highest BCUT2D eigenvalue weighted by molar-refractivity contribution is 7.91. The monoisotopic (exact) mass is 355 g/mol. The molecule has 0 spiro atoms. The van der Waals surface area contributed by atoms with Crippen LogP contribution in [-0.2, 0) is 27.7 Å². The minimum atomic E-state index is -3.73. The van der Waals surface area contributed by atoms with Crippen molar-refractivity contribution in [1.82, 2.24) is 4.72 Å². The van der Waals surface area contributed by atoms with E-state index in [0.717, 1.165) is 22.5 Å². The second-order valence-electron chi connectivity index (χ2n) is 5.35. The lowest BCUT2D eigenvalue weighted by Crippen LogP contribution is -2.26. The average Bonchev–Trinajstić information content (AvgIpc) is 3.05. The number of fused-ring (bicyclic) bond motifs is 1. The van der Waals surface area contributed by atoms with Gasteiger partial charge in [0.2, 0.25) is 0 Å². The van der Waals surface area contributed by atoms with E-state index in [1.165, 1.54) is 24.3 Å². The van der Waals surface area contributed by atoms with Crippen LogP contribution in [0.1, 0.15) is 28.5 Å². The van der Waals surface area contributed by atoms with Gasteiger partial charge in [0.1, 0.15) is 10.0 Å². The fraction of sp³-hybridized carbons (Fsp3) is 0.267. The molecule has 0 fully saturated rings. The highest BCUT2D eigenvalue weighted by Crippen LogP contribution is 2.33. The number of nitrogens with one attached hydrogen (secondary N) is 1. The molecule has 122 valence electrons. The van der Waals surface area contributed by atoms with Crippen molar-refractivity contribution in [3.63, 3.8) is 0 Å². The summed E-state index contributed by atoms with van der Waals surface area (Å²) in [7, 11) is -3.73. The normalized spacial score (nSPS) is 17.2. The van der Waals surface area contributed by atoms with Crippen molar-refractivity contribution in [3.8, 4) is 0 Å². The van der Waals surface area contributed by atoms with Crippen LogP contribution < -0.4 is 4.72 Å². The summed E-state index contributed by atoms with van der Waals surface area (Å²) in [5.74, 6) is -1.33. The first-order valence-electron chi connectivity index (χ1n) is 6.96. The number of hydrogen-bond donors (Lipinski definition) is 2. The zero-order chi connectivity index (χ0) is 16.6. The average molecular weight is 355 g/mol. The van der Waals surface area contributed by atoms with E-state index in [1.807, 2.05) is 0 Å². The van der Waals surface area contributed by atoms with E-state index in [2.05, 4.69) is 4.72 Å². The maximum absolute atomic E-state index is 13.2. The summed E-state index contributed by atoms with van der Waals surface area (Å²) in [5, 5.41) is 8.75. The van der Waals surface area contributed by atoms with Gasteiger partial charge in [-0.15, -0.1) is 11.3 Å². The maximum atomic E-state index is 13.2. The Bertz CT molecular complexity index is 860. The van der Waals surface area contributed by atoms with Crippen LogP contribution in [0.15, 0.2) is 34.5 Å². The molecule has 3 rings (SSSR count). The first kappa shape index (κ1) is 16.1. The van der Waals surface area contributed by atoms with Crippen LogP contribution in [0.3, 0.4) is 0 Å². The van der Waals surface area contributed by atoms with E-state index >= 15 is 0 Å². The topological polar surface area (TPSA) is 83.5 Å². The molecular weight excluding hydrogens is 341 g/mol. The number of aryl methyl sites for hydroxylation is 1. The summed E-state index contributed by atoms with van der Waals surface area (Å²) in [6, 6.07) is 6.88. The number of hydrogen-bond acceptors (Lipinski definition) is 4. The summed E-state index contributed by atoms with van der Waals surface area (Å²) < 4.78 is 40.8. The number of sulfonamides is 1. The SMILES string of the molecule is O=C(O)Cc1ccc(S(=O)(=O)NC2CCc3cc(F)ccc32)s1. The molecule has 0 aliphatic heterocycles. The van der Waals surface area contributed by atoms with E-state index in [0.29, 0.717) is 17.7 Å². The van der Waals surface area contributed by atoms with Crippen molar-refractivity contribution in [2.75, 3.05) is 0 Å². The molecule has 0 bridgehead atoms. The molecule has 1 heterocycles. The Labute approximate surface area is 136 Å². The molecule has 1 aliphatic rings. The summed E-state index contributed by atoms with van der Waals surface area (Å²) in [6.07, 6.45) is 0.992. The smallest absolute Gasteiger partial charge is 0.308 e. The fourth-order valence-corrected chi connectivity index (χ4v) is 5.31. The maximum Gasteiger partial charge on any atom is 0.308 e. The molecule has 8 heteroatoms. The van der Waals surface area contributed by atoms with Gasteiger partial charge in [-0.05, 0) is 48.2 Å². The molecule has 0 radical (unpaired) electrons. The molecule has 1 aromatic heterocycles. The van der Waals surface area contributed by atoms with E-state index in [9.17, 15) is 17.6 Å². The predicted octanol–water partition coefficient (Wildman–Crippen LogP) is 2.48. The number of carboxylic acid groups (broad SMARTS) is 1. The van der Waals surface area contributed by atoms with E-state index in [-0.39, 0.29) is 22.5 Å². The van der Waals surface area contributed by atoms with Gasteiger partial charge in [0.15, 0.2) is 0 Å². The van der Waals surface area contributed by atoms with Crippen molar-refractivity contribution in [2.45, 2.75) is 29.5 Å². The molecule has 0 saturated heterocycles. The van der Waals surface area contributed by atoms with Crippen molar-refractivity contribution < 1.29 is 22.7 Å². The minimum absolute atomic E-state index is 0.0873. The number of benzene rings is 1. The zero-order valence-electron chi connectivity index (χ0n) is 12.0. The van der Waals surface area contributed by atoms with Crippen LogP contribution in [0, 0.1) is 5.82 Å². The van der Waals surface area contributed by atoms with Crippen molar-refractivity contribution in [1.29, 1.82) is 0 Å². The van der Waals surface area contributed by atoms with Gasteiger partial charge in [0.25, 0.3) is 10.0 Å². The Morgan fingerprint density at radius 2 is 2.13 bits per heavy atom. The summed E-state index contributed by atoms with van der Waals surface area (Å²) in [6.45, 7) is 0. The van der Waals surface area contributed by atoms with E-state index in [4.69, 9.17) is 5.11 Å². The molecule has 5 nitrogen and oxygen atoms in total. The van der Waals surface area contributed by atoms with Gasteiger partial charge in [-0.1, -0.05) is 6.07 Å². The van der Waals surface area contributed by atoms with Gasteiger partial charge in [0, 0.05) is 10.9 Å². The molecule has 23 heavy (non-hydrogen) atoms. The quantitative estimate of drug-likeness (QED) is 0.863. The molecule has 1 aromatic carbocycles. The Balaban J connectivity index is 1.80. The molecule has 1 unspecified atom stereocenters. The van der Waals surface area contributed by atoms with Gasteiger partial charge in [0.05, 0.1) is 6.42 Å². The lowest BCUT2D eigenvalue weighted by Gasteiger charge is -2.13. The molecule has 1 aliphatic carbocycles. The Hall–Kier alpha value is -1.77. The molecule has 1 atom stereocenters. The van der Waals surface area contributed by atoms with Crippen LogP contribution >= 0.6 is 11.3 Å². The highest BCUT2D eigenvalue weighted by Gasteiger charge is 2.28. The molecule has 2 aromatic rings. The van der Waals surface area contributed by atoms with Crippen LogP contribution in [-0.4, -0.2) is 19.5 Å². The first-order valence-corrected chi connectivity index (χ1v) is 9.26.